The number of aryl methyl sites for hydroxylation is 1. The Bertz CT molecular complexity index is 2780. The number of hydrogen-bond donors (Lipinski definition) is 1. The van der Waals surface area contributed by atoms with E-state index in [1.807, 2.05) is 43.6 Å². The number of aromatic nitrogens is 3. The van der Waals surface area contributed by atoms with Gasteiger partial charge in [0, 0.05) is 29.3 Å². The number of nitrogens with two attached hydrogens (primary N) is 1. The minimum absolute atomic E-state index is 0.868. The maximum Gasteiger partial charge on any atom is 0.146 e. The van der Waals surface area contributed by atoms with Crippen molar-refractivity contribution in [1.29, 1.82) is 0 Å². The molecule has 0 bridgehead atoms. The van der Waals surface area contributed by atoms with Crippen molar-refractivity contribution < 1.29 is 0 Å². The van der Waals surface area contributed by atoms with Crippen LogP contribution in [0.4, 0.5) is 5.69 Å². The van der Waals surface area contributed by atoms with Crippen LogP contribution in [0.15, 0.2) is 176 Å². The molecular formula is C47H34N4. The van der Waals surface area contributed by atoms with Gasteiger partial charge in [-0.3, -0.25) is 9.55 Å². The molecule has 0 aliphatic rings. The Labute approximate surface area is 296 Å². The van der Waals surface area contributed by atoms with Gasteiger partial charge >= 0.3 is 0 Å². The molecule has 4 heteroatoms. The SMILES string of the molecule is Cc1ccccc1N.c1ccc(-n2c(-c3ccc4ccc5c(-c6ccc(-c7ccncc7)cc6)ccc6ccc3c4c65)nc3ccccc32)cc1. The first kappa shape index (κ1) is 30.3. The van der Waals surface area contributed by atoms with Crippen molar-refractivity contribution in [3.8, 4) is 39.3 Å². The number of rotatable bonds is 4. The first-order chi connectivity index (χ1) is 25.1. The van der Waals surface area contributed by atoms with Gasteiger partial charge in [0.25, 0.3) is 0 Å². The second kappa shape index (κ2) is 12.6. The summed E-state index contributed by atoms with van der Waals surface area (Å²) >= 11 is 0. The van der Waals surface area contributed by atoms with Crippen LogP contribution >= 0.6 is 0 Å². The minimum Gasteiger partial charge on any atom is -0.399 e. The highest BCUT2D eigenvalue weighted by molar-refractivity contribution is 6.27. The lowest BCUT2D eigenvalue weighted by Crippen LogP contribution is -1.98. The van der Waals surface area contributed by atoms with E-state index in [0.29, 0.717) is 0 Å². The molecule has 0 unspecified atom stereocenters. The zero-order valence-electron chi connectivity index (χ0n) is 28.2. The summed E-state index contributed by atoms with van der Waals surface area (Å²) in [5, 5.41) is 7.56. The van der Waals surface area contributed by atoms with Crippen molar-refractivity contribution in [3.63, 3.8) is 0 Å². The van der Waals surface area contributed by atoms with Gasteiger partial charge in [0.1, 0.15) is 5.82 Å². The molecule has 0 atom stereocenters. The van der Waals surface area contributed by atoms with Gasteiger partial charge in [-0.2, -0.15) is 0 Å². The maximum atomic E-state index is 5.52. The van der Waals surface area contributed by atoms with Crippen LogP contribution in [-0.4, -0.2) is 14.5 Å². The number of hydrogen-bond acceptors (Lipinski definition) is 3. The lowest BCUT2D eigenvalue weighted by Gasteiger charge is -2.17. The second-order valence-electron chi connectivity index (χ2n) is 12.9. The van der Waals surface area contributed by atoms with E-state index in [0.717, 1.165) is 39.4 Å². The smallest absolute Gasteiger partial charge is 0.146 e. The Morgan fingerprint density at radius 3 is 1.75 bits per heavy atom. The molecule has 0 radical (unpaired) electrons. The van der Waals surface area contributed by atoms with Gasteiger partial charge in [0.15, 0.2) is 0 Å². The van der Waals surface area contributed by atoms with E-state index in [2.05, 4.69) is 149 Å². The summed E-state index contributed by atoms with van der Waals surface area (Å²) < 4.78 is 2.29. The maximum absolute atomic E-state index is 5.52. The van der Waals surface area contributed by atoms with E-state index >= 15 is 0 Å². The second-order valence-corrected chi connectivity index (χ2v) is 12.9. The third-order valence-electron chi connectivity index (χ3n) is 9.88. The quantitative estimate of drug-likeness (QED) is 0.152. The first-order valence-electron chi connectivity index (χ1n) is 17.2. The third-order valence-corrected chi connectivity index (χ3v) is 9.88. The summed E-state index contributed by atoms with van der Waals surface area (Å²) in [4.78, 5) is 9.36. The molecule has 0 aliphatic carbocycles. The molecule has 242 valence electrons. The van der Waals surface area contributed by atoms with Crippen LogP contribution in [0.3, 0.4) is 0 Å². The third kappa shape index (κ3) is 5.34. The largest absolute Gasteiger partial charge is 0.399 e. The van der Waals surface area contributed by atoms with Crippen molar-refractivity contribution >= 4 is 49.0 Å². The Hall–Kier alpha value is -6.78. The number of nitrogens with zero attached hydrogens (tertiary/aromatic N) is 3. The van der Waals surface area contributed by atoms with Crippen LogP contribution in [0.2, 0.25) is 0 Å². The van der Waals surface area contributed by atoms with Gasteiger partial charge < -0.3 is 5.73 Å². The predicted octanol–water partition coefficient (Wildman–Crippen LogP) is 11.9. The number of imidazole rings is 1. The van der Waals surface area contributed by atoms with Crippen molar-refractivity contribution in [1.82, 2.24) is 14.5 Å². The average molecular weight is 655 g/mol. The zero-order valence-corrected chi connectivity index (χ0v) is 28.2. The highest BCUT2D eigenvalue weighted by atomic mass is 15.1. The van der Waals surface area contributed by atoms with Gasteiger partial charge in [0.2, 0.25) is 0 Å². The molecule has 51 heavy (non-hydrogen) atoms. The molecule has 0 amide bonds. The van der Waals surface area contributed by atoms with Crippen LogP contribution in [0.1, 0.15) is 5.56 Å². The molecule has 4 nitrogen and oxygen atoms in total. The fourth-order valence-electron chi connectivity index (χ4n) is 7.27. The van der Waals surface area contributed by atoms with Crippen molar-refractivity contribution in [2.45, 2.75) is 6.92 Å². The molecule has 2 N–H and O–H groups in total. The predicted molar refractivity (Wildman–Crippen MR) is 214 cm³/mol. The standard InChI is InChI=1S/C40H25N3.C7H9N/c1-2-6-31(7-3-1)43-37-9-5-4-8-36(37)42-40(43)35-21-17-30-15-19-33-32(18-14-29-16-20-34(35)39(30)38(29)33)28-12-10-26(11-13-28)27-22-24-41-25-23-27;1-6-4-2-3-5-7(6)8/h1-25H;2-5H,8H2,1H3. The van der Waals surface area contributed by atoms with E-state index in [4.69, 9.17) is 10.7 Å². The number of para-hydroxylation sites is 4. The number of benzene rings is 8. The van der Waals surface area contributed by atoms with Crippen LogP contribution in [0.5, 0.6) is 0 Å². The van der Waals surface area contributed by atoms with Crippen LogP contribution < -0.4 is 5.73 Å². The Morgan fingerprint density at radius 2 is 1.06 bits per heavy atom. The fourth-order valence-corrected chi connectivity index (χ4v) is 7.27. The van der Waals surface area contributed by atoms with Gasteiger partial charge in [-0.25, -0.2) is 4.98 Å². The number of nitrogen functional groups attached to an aromatic ring is 1. The van der Waals surface area contributed by atoms with E-state index < -0.39 is 0 Å². The van der Waals surface area contributed by atoms with Crippen molar-refractivity contribution in [2.24, 2.45) is 0 Å². The molecular weight excluding hydrogens is 621 g/mol. The summed E-state index contributed by atoms with van der Waals surface area (Å²) in [6.07, 6.45) is 3.68. The minimum atomic E-state index is 0.868. The molecule has 0 fully saturated rings. The van der Waals surface area contributed by atoms with Gasteiger partial charge in [-0.05, 0) is 116 Å². The number of pyridine rings is 1. The van der Waals surface area contributed by atoms with Crippen LogP contribution in [0, 0.1) is 6.92 Å². The van der Waals surface area contributed by atoms with Crippen molar-refractivity contribution in [3.05, 3.63) is 182 Å². The molecule has 0 aliphatic heterocycles. The number of anilines is 1. The summed E-state index contributed by atoms with van der Waals surface area (Å²) in [6.45, 7) is 2.00. The van der Waals surface area contributed by atoms with Gasteiger partial charge in [0.05, 0.1) is 11.0 Å². The molecule has 0 saturated heterocycles. The lowest BCUT2D eigenvalue weighted by molar-refractivity contribution is 1.11. The molecule has 0 spiro atoms. The Morgan fingerprint density at radius 1 is 0.490 bits per heavy atom. The summed E-state index contributed by atoms with van der Waals surface area (Å²) in [7, 11) is 0. The lowest BCUT2D eigenvalue weighted by atomic mass is 9.88. The molecule has 2 heterocycles. The van der Waals surface area contributed by atoms with Gasteiger partial charge in [-0.1, -0.05) is 115 Å². The van der Waals surface area contributed by atoms with Crippen LogP contribution in [0.25, 0.3) is 82.7 Å². The van der Waals surface area contributed by atoms with Gasteiger partial charge in [-0.15, -0.1) is 0 Å². The summed E-state index contributed by atoms with van der Waals surface area (Å²) in [5.74, 6) is 0.956. The van der Waals surface area contributed by atoms with E-state index in [9.17, 15) is 0 Å². The van der Waals surface area contributed by atoms with E-state index in [1.165, 1.54) is 54.6 Å². The highest BCUT2D eigenvalue weighted by Crippen LogP contribution is 2.43. The zero-order chi connectivity index (χ0) is 34.3. The Balaban J connectivity index is 0.000000387. The number of fused-ring (bicyclic) bond motifs is 1. The first-order valence-corrected chi connectivity index (χ1v) is 17.2. The molecule has 2 aromatic heterocycles. The van der Waals surface area contributed by atoms with Crippen molar-refractivity contribution in [2.75, 3.05) is 5.73 Å². The normalized spacial score (nSPS) is 11.3. The van der Waals surface area contributed by atoms with E-state index in [1.54, 1.807) is 0 Å². The summed E-state index contributed by atoms with van der Waals surface area (Å²) in [6, 6.07) is 57.8. The average Bonchev–Trinajstić information content (AvgIpc) is 3.58. The molecule has 0 saturated carbocycles. The Kier molecular flexibility index (Phi) is 7.48. The fraction of sp³-hybridized carbons (Fsp3) is 0.0213. The van der Waals surface area contributed by atoms with E-state index in [-0.39, 0.29) is 0 Å². The highest BCUT2D eigenvalue weighted by Gasteiger charge is 2.19. The molecule has 8 aromatic carbocycles. The monoisotopic (exact) mass is 654 g/mol. The summed E-state index contributed by atoms with van der Waals surface area (Å²) in [5.41, 5.74) is 16.7. The topological polar surface area (TPSA) is 56.7 Å². The van der Waals surface area contributed by atoms with Crippen LogP contribution in [-0.2, 0) is 0 Å². The molecule has 10 rings (SSSR count). The molecule has 10 aromatic rings.